The second kappa shape index (κ2) is 6.54. The van der Waals surface area contributed by atoms with Crippen LogP contribution in [-0.2, 0) is 4.74 Å². The van der Waals surface area contributed by atoms with E-state index in [0.29, 0.717) is 11.5 Å². The predicted octanol–water partition coefficient (Wildman–Crippen LogP) is 3.25. The van der Waals surface area contributed by atoms with Crippen molar-refractivity contribution < 1.29 is 4.74 Å². The van der Waals surface area contributed by atoms with Gasteiger partial charge in [-0.3, -0.25) is 5.32 Å². The number of hydrogen-bond donors (Lipinski definition) is 1. The molecule has 0 aromatic rings. The van der Waals surface area contributed by atoms with Gasteiger partial charge in [0, 0.05) is 19.3 Å². The first-order valence-corrected chi connectivity index (χ1v) is 7.11. The minimum atomic E-state index is -0.367. The lowest BCUT2D eigenvalue weighted by atomic mass is 9.93. The van der Waals surface area contributed by atoms with E-state index in [1.165, 1.54) is 12.8 Å². The molecule has 18 heavy (non-hydrogen) atoms. The minimum absolute atomic E-state index is 0.342. The van der Waals surface area contributed by atoms with E-state index in [2.05, 4.69) is 32.2 Å². The molecule has 1 aliphatic rings. The Balaban J connectivity index is 2.07. The number of rotatable bonds is 8. The normalized spacial score (nSPS) is 19.3. The van der Waals surface area contributed by atoms with Crippen LogP contribution in [-0.4, -0.2) is 24.8 Å². The molecule has 0 aliphatic heterocycles. The molecule has 3 heteroatoms. The van der Waals surface area contributed by atoms with Crippen LogP contribution in [0.15, 0.2) is 0 Å². The molecule has 104 valence electrons. The molecule has 0 aromatic carbocycles. The summed E-state index contributed by atoms with van der Waals surface area (Å²) in [4.78, 5) is 0. The molecule has 0 bridgehead atoms. The molecule has 0 saturated heterocycles. The Kier molecular flexibility index (Phi) is 5.62. The Morgan fingerprint density at radius 2 is 1.83 bits per heavy atom. The highest BCUT2D eigenvalue weighted by atomic mass is 16.5. The third kappa shape index (κ3) is 6.98. The van der Waals surface area contributed by atoms with Gasteiger partial charge in [0.25, 0.3) is 0 Å². The molecule has 1 rings (SSSR count). The maximum atomic E-state index is 9.22. The van der Waals surface area contributed by atoms with Crippen LogP contribution < -0.4 is 5.32 Å². The fourth-order valence-electron chi connectivity index (χ4n) is 1.85. The predicted molar refractivity (Wildman–Crippen MR) is 74.3 cm³/mol. The van der Waals surface area contributed by atoms with Gasteiger partial charge < -0.3 is 4.74 Å². The van der Waals surface area contributed by atoms with Crippen LogP contribution in [0, 0.1) is 16.7 Å². The van der Waals surface area contributed by atoms with Gasteiger partial charge in [0.2, 0.25) is 0 Å². The Bertz CT molecular complexity index is 286. The van der Waals surface area contributed by atoms with E-state index in [-0.39, 0.29) is 5.54 Å². The van der Waals surface area contributed by atoms with Crippen molar-refractivity contribution in [2.45, 2.75) is 71.4 Å². The average Bonchev–Trinajstić information content (AvgIpc) is 3.05. The molecular weight excluding hydrogens is 224 g/mol. The zero-order chi connectivity index (χ0) is 13.6. The van der Waals surface area contributed by atoms with E-state index in [1.807, 2.05) is 6.92 Å². The van der Waals surface area contributed by atoms with Crippen molar-refractivity contribution in [3.05, 3.63) is 0 Å². The zero-order valence-electron chi connectivity index (χ0n) is 12.4. The number of nitrogens with one attached hydrogen (secondary N) is 1. The SMILES string of the molecule is CC(C)(C)CCOCCCC(C)(C#N)NC1CC1. The largest absolute Gasteiger partial charge is 0.381 e. The highest BCUT2D eigenvalue weighted by molar-refractivity contribution is 5.06. The van der Waals surface area contributed by atoms with Crippen LogP contribution in [0.4, 0.5) is 0 Å². The molecule has 1 atom stereocenters. The van der Waals surface area contributed by atoms with Gasteiger partial charge in [0.05, 0.1) is 6.07 Å². The van der Waals surface area contributed by atoms with Gasteiger partial charge in [-0.1, -0.05) is 20.8 Å². The summed E-state index contributed by atoms with van der Waals surface area (Å²) in [6, 6.07) is 2.98. The quantitative estimate of drug-likeness (QED) is 0.674. The van der Waals surface area contributed by atoms with E-state index in [9.17, 15) is 5.26 Å². The molecule has 0 heterocycles. The molecule has 3 nitrogen and oxygen atoms in total. The van der Waals surface area contributed by atoms with Crippen molar-refractivity contribution in [3.8, 4) is 6.07 Å². The second-order valence-corrected chi connectivity index (χ2v) is 6.89. The highest BCUT2D eigenvalue weighted by Gasteiger charge is 2.31. The van der Waals surface area contributed by atoms with Crippen LogP contribution in [0.25, 0.3) is 0 Å². The second-order valence-electron chi connectivity index (χ2n) is 6.89. The van der Waals surface area contributed by atoms with E-state index in [4.69, 9.17) is 4.74 Å². The van der Waals surface area contributed by atoms with Gasteiger partial charge in [-0.2, -0.15) is 5.26 Å². The van der Waals surface area contributed by atoms with E-state index >= 15 is 0 Å². The number of nitrogens with zero attached hydrogens (tertiary/aromatic N) is 1. The first kappa shape index (κ1) is 15.5. The van der Waals surface area contributed by atoms with Crippen molar-refractivity contribution >= 4 is 0 Å². The third-order valence-corrected chi connectivity index (χ3v) is 3.31. The maximum absolute atomic E-state index is 9.22. The molecule has 0 spiro atoms. The van der Waals surface area contributed by atoms with Crippen molar-refractivity contribution in [2.75, 3.05) is 13.2 Å². The molecule has 1 saturated carbocycles. The fourth-order valence-corrected chi connectivity index (χ4v) is 1.85. The van der Waals surface area contributed by atoms with Crippen molar-refractivity contribution in [1.29, 1.82) is 5.26 Å². The van der Waals surface area contributed by atoms with Crippen LogP contribution in [0.2, 0.25) is 0 Å². The number of hydrogen-bond acceptors (Lipinski definition) is 3. The number of ether oxygens (including phenoxy) is 1. The van der Waals surface area contributed by atoms with Gasteiger partial charge >= 0.3 is 0 Å². The summed E-state index contributed by atoms with van der Waals surface area (Å²) in [6.07, 6.45) is 5.35. The molecular formula is C15H28N2O. The summed E-state index contributed by atoms with van der Waals surface area (Å²) >= 11 is 0. The van der Waals surface area contributed by atoms with Crippen LogP contribution in [0.1, 0.15) is 59.8 Å². The number of nitriles is 1. The molecule has 0 aromatic heterocycles. The summed E-state index contributed by atoms with van der Waals surface area (Å²) in [5.41, 5.74) is -0.0246. The summed E-state index contributed by atoms with van der Waals surface area (Å²) in [5, 5.41) is 12.6. The van der Waals surface area contributed by atoms with Crippen molar-refractivity contribution in [1.82, 2.24) is 5.32 Å². The van der Waals surface area contributed by atoms with Crippen LogP contribution in [0.5, 0.6) is 0 Å². The Labute approximate surface area is 112 Å². The topological polar surface area (TPSA) is 45.0 Å². The van der Waals surface area contributed by atoms with Crippen LogP contribution in [0.3, 0.4) is 0 Å². The first-order chi connectivity index (χ1) is 8.35. The lowest BCUT2D eigenvalue weighted by Gasteiger charge is -2.23. The summed E-state index contributed by atoms with van der Waals surface area (Å²) in [5.74, 6) is 0. The Morgan fingerprint density at radius 3 is 2.33 bits per heavy atom. The summed E-state index contributed by atoms with van der Waals surface area (Å²) in [6.45, 7) is 10.3. The van der Waals surface area contributed by atoms with Gasteiger partial charge in [-0.05, 0) is 44.4 Å². The van der Waals surface area contributed by atoms with Crippen molar-refractivity contribution in [2.24, 2.45) is 5.41 Å². The van der Waals surface area contributed by atoms with Gasteiger partial charge in [-0.15, -0.1) is 0 Å². The molecule has 1 unspecified atom stereocenters. The summed E-state index contributed by atoms with van der Waals surface area (Å²) < 4.78 is 5.63. The molecule has 0 amide bonds. The molecule has 0 radical (unpaired) electrons. The van der Waals surface area contributed by atoms with Crippen LogP contribution >= 0.6 is 0 Å². The Hall–Kier alpha value is -0.590. The van der Waals surface area contributed by atoms with E-state index in [1.54, 1.807) is 0 Å². The zero-order valence-corrected chi connectivity index (χ0v) is 12.4. The van der Waals surface area contributed by atoms with Crippen molar-refractivity contribution in [3.63, 3.8) is 0 Å². The Morgan fingerprint density at radius 1 is 1.17 bits per heavy atom. The average molecular weight is 252 g/mol. The maximum Gasteiger partial charge on any atom is 0.104 e. The van der Waals surface area contributed by atoms with E-state index < -0.39 is 0 Å². The monoisotopic (exact) mass is 252 g/mol. The van der Waals surface area contributed by atoms with E-state index in [0.717, 1.165) is 32.5 Å². The third-order valence-electron chi connectivity index (χ3n) is 3.31. The standard InChI is InChI=1S/C15H28N2O/c1-14(2,3)9-11-18-10-5-8-15(4,12-16)17-13-6-7-13/h13,17H,5-11H2,1-4H3. The first-order valence-electron chi connectivity index (χ1n) is 7.11. The molecule has 1 fully saturated rings. The smallest absolute Gasteiger partial charge is 0.104 e. The van der Waals surface area contributed by atoms with Gasteiger partial charge in [-0.25, -0.2) is 0 Å². The minimum Gasteiger partial charge on any atom is -0.381 e. The molecule has 1 N–H and O–H groups in total. The molecule has 1 aliphatic carbocycles. The lowest BCUT2D eigenvalue weighted by molar-refractivity contribution is 0.102. The van der Waals surface area contributed by atoms with Gasteiger partial charge in [0.1, 0.15) is 5.54 Å². The highest BCUT2D eigenvalue weighted by Crippen LogP contribution is 2.24. The van der Waals surface area contributed by atoms with Gasteiger partial charge in [0.15, 0.2) is 0 Å². The lowest BCUT2D eigenvalue weighted by Crippen LogP contribution is -2.42. The fraction of sp³-hybridized carbons (Fsp3) is 0.933. The summed E-state index contributed by atoms with van der Waals surface area (Å²) in [7, 11) is 0.